The fourth-order valence-corrected chi connectivity index (χ4v) is 5.34. The van der Waals surface area contributed by atoms with Crippen LogP contribution in [-0.2, 0) is 14.8 Å². The van der Waals surface area contributed by atoms with E-state index in [4.69, 9.17) is 4.74 Å². The summed E-state index contributed by atoms with van der Waals surface area (Å²) in [5.74, 6) is 1.62. The highest BCUT2D eigenvalue weighted by atomic mass is 32.2. The second kappa shape index (κ2) is 10.9. The zero-order valence-electron chi connectivity index (χ0n) is 16.2. The Balaban J connectivity index is 2.16. The SMILES string of the molecule is CCCCSCC(=O)Nc1cc(S(=O)(=O)N2CCCCC2)ccc1OCC. The number of amides is 1. The van der Waals surface area contributed by atoms with Crippen molar-refractivity contribution in [3.05, 3.63) is 18.2 Å². The van der Waals surface area contributed by atoms with E-state index in [9.17, 15) is 13.2 Å². The molecule has 6 nitrogen and oxygen atoms in total. The largest absolute Gasteiger partial charge is 0.492 e. The molecule has 1 aromatic carbocycles. The molecule has 1 saturated heterocycles. The van der Waals surface area contributed by atoms with Crippen LogP contribution in [0.3, 0.4) is 0 Å². The summed E-state index contributed by atoms with van der Waals surface area (Å²) >= 11 is 1.58. The first-order valence-corrected chi connectivity index (χ1v) is 12.2. The number of unbranched alkanes of at least 4 members (excludes halogenated alkanes) is 1. The van der Waals surface area contributed by atoms with Crippen LogP contribution in [0.1, 0.15) is 46.0 Å². The highest BCUT2D eigenvalue weighted by Gasteiger charge is 2.27. The predicted octanol–water partition coefficient (Wildman–Crippen LogP) is 3.73. The number of ether oxygens (including phenoxy) is 1. The van der Waals surface area contributed by atoms with Gasteiger partial charge >= 0.3 is 0 Å². The van der Waals surface area contributed by atoms with Gasteiger partial charge in [-0.2, -0.15) is 16.1 Å². The normalized spacial score (nSPS) is 15.5. The third-order valence-corrected chi connectivity index (χ3v) is 7.29. The Morgan fingerprint density at radius 3 is 2.63 bits per heavy atom. The molecule has 27 heavy (non-hydrogen) atoms. The van der Waals surface area contributed by atoms with Crippen LogP contribution in [0.4, 0.5) is 5.69 Å². The van der Waals surface area contributed by atoms with Gasteiger partial charge in [0.2, 0.25) is 15.9 Å². The molecular weight excluding hydrogens is 384 g/mol. The molecule has 2 rings (SSSR count). The number of carbonyl (C=O) groups is 1. The summed E-state index contributed by atoms with van der Waals surface area (Å²) in [6.07, 6.45) is 5.00. The Labute approximate surface area is 167 Å². The topological polar surface area (TPSA) is 75.7 Å². The van der Waals surface area contributed by atoms with E-state index in [1.807, 2.05) is 6.92 Å². The van der Waals surface area contributed by atoms with Gasteiger partial charge in [-0.1, -0.05) is 19.8 Å². The third-order valence-electron chi connectivity index (χ3n) is 4.35. The number of piperidine rings is 1. The third kappa shape index (κ3) is 6.40. The number of hydrogen-bond acceptors (Lipinski definition) is 5. The molecule has 0 saturated carbocycles. The van der Waals surface area contributed by atoms with Crippen molar-refractivity contribution in [2.75, 3.05) is 36.5 Å². The fraction of sp³-hybridized carbons (Fsp3) is 0.632. The number of benzene rings is 1. The molecule has 1 fully saturated rings. The molecule has 0 unspecified atom stereocenters. The molecule has 1 N–H and O–H groups in total. The molecule has 1 aliphatic rings. The Morgan fingerprint density at radius 1 is 1.22 bits per heavy atom. The van der Waals surface area contributed by atoms with Gasteiger partial charge in [0, 0.05) is 13.1 Å². The zero-order chi connectivity index (χ0) is 19.7. The first-order chi connectivity index (χ1) is 13.0. The lowest BCUT2D eigenvalue weighted by atomic mass is 10.2. The summed E-state index contributed by atoms with van der Waals surface area (Å²) in [5, 5.41) is 2.82. The number of nitrogens with one attached hydrogen (secondary N) is 1. The van der Waals surface area contributed by atoms with Crippen LogP contribution in [0.5, 0.6) is 5.75 Å². The molecule has 152 valence electrons. The standard InChI is InChI=1S/C19H30N2O4S2/c1-3-5-13-26-15-19(22)20-17-14-16(9-10-18(17)25-4-2)27(23,24)21-11-7-6-8-12-21/h9-10,14H,3-8,11-13,15H2,1-2H3,(H,20,22). The molecule has 0 bridgehead atoms. The second-order valence-corrected chi connectivity index (χ2v) is 9.55. The quantitative estimate of drug-likeness (QED) is 0.591. The monoisotopic (exact) mass is 414 g/mol. The van der Waals surface area contributed by atoms with Crippen LogP contribution in [0.2, 0.25) is 0 Å². The van der Waals surface area contributed by atoms with Crippen LogP contribution in [0, 0.1) is 0 Å². The summed E-state index contributed by atoms with van der Waals surface area (Å²) in [7, 11) is -3.56. The van der Waals surface area contributed by atoms with Gasteiger partial charge in [0.25, 0.3) is 0 Å². The van der Waals surface area contributed by atoms with Crippen LogP contribution in [0.15, 0.2) is 23.1 Å². The van der Waals surface area contributed by atoms with Gasteiger partial charge in [0.05, 0.1) is 22.9 Å². The average Bonchev–Trinajstić information content (AvgIpc) is 2.67. The number of thioether (sulfide) groups is 1. The first kappa shape index (κ1) is 22.0. The van der Waals surface area contributed by atoms with E-state index in [1.165, 1.54) is 10.4 Å². The predicted molar refractivity (Wildman–Crippen MR) is 111 cm³/mol. The van der Waals surface area contributed by atoms with Crippen LogP contribution in [0.25, 0.3) is 0 Å². The lowest BCUT2D eigenvalue weighted by molar-refractivity contribution is -0.113. The molecule has 1 amide bonds. The minimum atomic E-state index is -3.56. The van der Waals surface area contributed by atoms with Crippen LogP contribution >= 0.6 is 11.8 Å². The first-order valence-electron chi connectivity index (χ1n) is 9.63. The van der Waals surface area contributed by atoms with Gasteiger partial charge in [-0.25, -0.2) is 8.42 Å². The molecule has 0 aromatic heterocycles. The number of sulfonamides is 1. The van der Waals surface area contributed by atoms with Crippen molar-refractivity contribution in [1.29, 1.82) is 0 Å². The molecule has 0 spiro atoms. The highest BCUT2D eigenvalue weighted by molar-refractivity contribution is 7.99. The van der Waals surface area contributed by atoms with Crippen LogP contribution < -0.4 is 10.1 Å². The maximum Gasteiger partial charge on any atom is 0.243 e. The Bertz CT molecular complexity index is 716. The van der Waals surface area contributed by atoms with E-state index in [-0.39, 0.29) is 10.8 Å². The maximum absolute atomic E-state index is 12.9. The molecule has 1 aromatic rings. The number of carbonyl (C=O) groups excluding carboxylic acids is 1. The molecule has 1 aliphatic heterocycles. The fourth-order valence-electron chi connectivity index (χ4n) is 2.90. The van der Waals surface area contributed by atoms with E-state index in [0.717, 1.165) is 37.9 Å². The van der Waals surface area contributed by atoms with Crippen molar-refractivity contribution in [2.45, 2.75) is 50.8 Å². The summed E-state index contributed by atoms with van der Waals surface area (Å²) in [5.41, 5.74) is 0.413. The average molecular weight is 415 g/mol. The number of rotatable bonds is 10. The van der Waals surface area contributed by atoms with E-state index in [0.29, 0.717) is 36.9 Å². The molecule has 8 heteroatoms. The maximum atomic E-state index is 12.9. The molecule has 1 heterocycles. The van der Waals surface area contributed by atoms with E-state index in [1.54, 1.807) is 23.9 Å². The van der Waals surface area contributed by atoms with Gasteiger partial charge < -0.3 is 10.1 Å². The minimum Gasteiger partial charge on any atom is -0.492 e. The molecule has 0 atom stereocenters. The van der Waals surface area contributed by atoms with Gasteiger partial charge in [-0.3, -0.25) is 4.79 Å². The van der Waals surface area contributed by atoms with E-state index in [2.05, 4.69) is 12.2 Å². The number of anilines is 1. The minimum absolute atomic E-state index is 0.149. The Hall–Kier alpha value is -1.25. The summed E-state index contributed by atoms with van der Waals surface area (Å²) < 4.78 is 32.9. The van der Waals surface area contributed by atoms with Crippen molar-refractivity contribution in [3.63, 3.8) is 0 Å². The van der Waals surface area contributed by atoms with Crippen molar-refractivity contribution < 1.29 is 17.9 Å². The smallest absolute Gasteiger partial charge is 0.243 e. The molecular formula is C19H30N2O4S2. The second-order valence-electron chi connectivity index (χ2n) is 6.51. The molecule has 0 aliphatic carbocycles. The van der Waals surface area contributed by atoms with Gasteiger partial charge in [-0.05, 0) is 50.1 Å². The van der Waals surface area contributed by atoms with Gasteiger partial charge in [0.15, 0.2) is 0 Å². The van der Waals surface area contributed by atoms with Gasteiger partial charge in [-0.15, -0.1) is 0 Å². The summed E-state index contributed by atoms with van der Waals surface area (Å²) in [4.78, 5) is 12.4. The van der Waals surface area contributed by atoms with Crippen molar-refractivity contribution in [1.82, 2.24) is 4.31 Å². The Kier molecular flexibility index (Phi) is 8.92. The van der Waals surface area contributed by atoms with E-state index >= 15 is 0 Å². The summed E-state index contributed by atoms with van der Waals surface area (Å²) in [6, 6.07) is 4.70. The highest BCUT2D eigenvalue weighted by Crippen LogP contribution is 2.30. The van der Waals surface area contributed by atoms with Gasteiger partial charge in [0.1, 0.15) is 5.75 Å². The van der Waals surface area contributed by atoms with Crippen molar-refractivity contribution in [2.24, 2.45) is 0 Å². The van der Waals surface area contributed by atoms with Crippen molar-refractivity contribution >= 4 is 33.4 Å². The lowest BCUT2D eigenvalue weighted by Gasteiger charge is -2.26. The Morgan fingerprint density at radius 2 is 1.96 bits per heavy atom. The summed E-state index contributed by atoms with van der Waals surface area (Å²) in [6.45, 7) is 5.50. The number of hydrogen-bond donors (Lipinski definition) is 1. The zero-order valence-corrected chi connectivity index (χ0v) is 17.8. The molecule has 0 radical (unpaired) electrons. The van der Waals surface area contributed by atoms with Crippen molar-refractivity contribution in [3.8, 4) is 5.75 Å². The van der Waals surface area contributed by atoms with E-state index < -0.39 is 10.0 Å². The lowest BCUT2D eigenvalue weighted by Crippen LogP contribution is -2.35. The van der Waals surface area contributed by atoms with Crippen LogP contribution in [-0.4, -0.2) is 49.8 Å². The number of nitrogens with zero attached hydrogens (tertiary/aromatic N) is 1.